The zero-order valence-electron chi connectivity index (χ0n) is 16.4. The van der Waals surface area contributed by atoms with Gasteiger partial charge in [0.2, 0.25) is 5.91 Å². The van der Waals surface area contributed by atoms with Gasteiger partial charge in [-0.25, -0.2) is 0 Å². The number of benzene rings is 3. The summed E-state index contributed by atoms with van der Waals surface area (Å²) in [7, 11) is 0. The van der Waals surface area contributed by atoms with Gasteiger partial charge in [-0.15, -0.1) is 0 Å². The lowest BCUT2D eigenvalue weighted by Crippen LogP contribution is -2.32. The molecule has 0 spiro atoms. The van der Waals surface area contributed by atoms with Crippen molar-refractivity contribution in [2.45, 2.75) is 6.92 Å². The fraction of sp³-hybridized carbons (Fsp3) is 0.0417. The van der Waals surface area contributed by atoms with Gasteiger partial charge in [0.05, 0.1) is 0 Å². The van der Waals surface area contributed by atoms with E-state index in [1.54, 1.807) is 54.6 Å². The third-order valence-electron chi connectivity index (χ3n) is 4.16. The summed E-state index contributed by atoms with van der Waals surface area (Å²) in [4.78, 5) is 24.3. The summed E-state index contributed by atoms with van der Waals surface area (Å²) in [5.74, 6) is -0.536. The van der Waals surface area contributed by atoms with Gasteiger partial charge in [-0.1, -0.05) is 54.1 Å². The average Bonchev–Trinajstić information content (AvgIpc) is 2.74. The van der Waals surface area contributed by atoms with E-state index in [0.29, 0.717) is 16.9 Å². The first kappa shape index (κ1) is 21.0. The van der Waals surface area contributed by atoms with Crippen LogP contribution in [-0.2, 0) is 4.79 Å². The fourth-order valence-electron chi connectivity index (χ4n) is 2.63. The quantitative estimate of drug-likeness (QED) is 0.415. The van der Waals surface area contributed by atoms with E-state index >= 15 is 0 Å². The van der Waals surface area contributed by atoms with Crippen LogP contribution in [0.1, 0.15) is 21.5 Å². The molecule has 3 rings (SSSR count). The molecule has 0 bridgehead atoms. The number of rotatable bonds is 5. The molecule has 150 valence electrons. The molecule has 2 amide bonds. The molecule has 0 atom stereocenters. The van der Waals surface area contributed by atoms with Crippen LogP contribution in [0.25, 0.3) is 6.08 Å². The lowest BCUT2D eigenvalue weighted by molar-refractivity contribution is -0.115. The smallest absolute Gasteiger partial charge is 0.255 e. The highest BCUT2D eigenvalue weighted by Gasteiger charge is 2.07. The number of hydrogen-bond acceptors (Lipinski definition) is 3. The Morgan fingerprint density at radius 2 is 1.50 bits per heavy atom. The molecule has 0 unspecified atom stereocenters. The van der Waals surface area contributed by atoms with Crippen molar-refractivity contribution in [1.82, 2.24) is 5.32 Å². The van der Waals surface area contributed by atoms with Crippen LogP contribution in [0, 0.1) is 6.92 Å². The zero-order chi connectivity index (χ0) is 21.3. The van der Waals surface area contributed by atoms with Gasteiger partial charge in [-0.05, 0) is 61.1 Å². The summed E-state index contributed by atoms with van der Waals surface area (Å²) in [5.41, 5.74) is 3.91. The molecule has 0 aliphatic heterocycles. The maximum atomic E-state index is 12.3. The van der Waals surface area contributed by atoms with Crippen molar-refractivity contribution >= 4 is 46.6 Å². The first-order valence-corrected chi connectivity index (χ1v) is 9.73. The zero-order valence-corrected chi connectivity index (χ0v) is 17.2. The molecule has 0 aromatic heterocycles. The standard InChI is InChI=1S/C24H21N3O2S/c1-17-10-12-18(13-11-17)14-15-22(28)27-24(30)26-21-9-5-8-20(16-21)25-23(29)19-6-3-2-4-7-19/h2-16H,1H3,(H,25,29)(H2,26,27,28,30)/b15-14+. The maximum absolute atomic E-state index is 12.3. The van der Waals surface area contributed by atoms with Gasteiger partial charge in [-0.2, -0.15) is 0 Å². The second kappa shape index (κ2) is 10.1. The van der Waals surface area contributed by atoms with Crippen molar-refractivity contribution in [1.29, 1.82) is 0 Å². The van der Waals surface area contributed by atoms with E-state index in [4.69, 9.17) is 12.2 Å². The van der Waals surface area contributed by atoms with Gasteiger partial charge in [0, 0.05) is 23.0 Å². The minimum absolute atomic E-state index is 0.167. The van der Waals surface area contributed by atoms with Gasteiger partial charge in [0.25, 0.3) is 5.91 Å². The maximum Gasteiger partial charge on any atom is 0.255 e. The Labute approximate surface area is 180 Å². The average molecular weight is 416 g/mol. The first-order chi connectivity index (χ1) is 14.5. The van der Waals surface area contributed by atoms with Crippen molar-refractivity contribution in [3.05, 3.63) is 102 Å². The largest absolute Gasteiger partial charge is 0.332 e. The van der Waals surface area contributed by atoms with Gasteiger partial charge < -0.3 is 10.6 Å². The van der Waals surface area contributed by atoms with E-state index in [1.165, 1.54) is 6.08 Å². The van der Waals surface area contributed by atoms with E-state index in [2.05, 4.69) is 16.0 Å². The van der Waals surface area contributed by atoms with Crippen LogP contribution in [0.4, 0.5) is 11.4 Å². The van der Waals surface area contributed by atoms with E-state index in [-0.39, 0.29) is 16.9 Å². The van der Waals surface area contributed by atoms with Crippen LogP contribution < -0.4 is 16.0 Å². The lowest BCUT2D eigenvalue weighted by Gasteiger charge is -2.10. The number of hydrogen-bond donors (Lipinski definition) is 3. The fourth-order valence-corrected chi connectivity index (χ4v) is 2.85. The highest BCUT2D eigenvalue weighted by Crippen LogP contribution is 2.16. The Morgan fingerprint density at radius 3 is 2.20 bits per heavy atom. The predicted molar refractivity (Wildman–Crippen MR) is 125 cm³/mol. The summed E-state index contributed by atoms with van der Waals surface area (Å²) in [5, 5.41) is 8.55. The molecule has 0 saturated heterocycles. The molecule has 0 heterocycles. The lowest BCUT2D eigenvalue weighted by atomic mass is 10.1. The van der Waals surface area contributed by atoms with Crippen LogP contribution in [0.5, 0.6) is 0 Å². The molecule has 5 nitrogen and oxygen atoms in total. The Morgan fingerprint density at radius 1 is 0.833 bits per heavy atom. The van der Waals surface area contributed by atoms with Crippen LogP contribution in [-0.4, -0.2) is 16.9 Å². The van der Waals surface area contributed by atoms with Gasteiger partial charge in [-0.3, -0.25) is 14.9 Å². The van der Waals surface area contributed by atoms with E-state index in [1.807, 2.05) is 37.3 Å². The minimum Gasteiger partial charge on any atom is -0.332 e. The monoisotopic (exact) mass is 415 g/mol. The Hall–Kier alpha value is -3.77. The number of aryl methyl sites for hydroxylation is 1. The van der Waals surface area contributed by atoms with Gasteiger partial charge in [0.15, 0.2) is 5.11 Å². The molecule has 0 aliphatic rings. The minimum atomic E-state index is -0.332. The van der Waals surface area contributed by atoms with Gasteiger partial charge >= 0.3 is 0 Å². The van der Waals surface area contributed by atoms with E-state index in [9.17, 15) is 9.59 Å². The SMILES string of the molecule is Cc1ccc(/C=C/C(=O)NC(=S)Nc2cccc(NC(=O)c3ccccc3)c2)cc1. The number of nitrogens with one attached hydrogen (secondary N) is 3. The van der Waals surface area contributed by atoms with E-state index < -0.39 is 0 Å². The van der Waals surface area contributed by atoms with Crippen molar-refractivity contribution in [3.63, 3.8) is 0 Å². The number of carbonyl (C=O) groups excluding carboxylic acids is 2. The molecule has 3 N–H and O–H groups in total. The van der Waals surface area contributed by atoms with E-state index in [0.717, 1.165) is 11.1 Å². The number of carbonyl (C=O) groups is 2. The summed E-state index contributed by atoms with van der Waals surface area (Å²) in [6, 6.07) is 23.9. The van der Waals surface area contributed by atoms with Crippen LogP contribution in [0.15, 0.2) is 84.9 Å². The highest BCUT2D eigenvalue weighted by atomic mass is 32.1. The topological polar surface area (TPSA) is 70.2 Å². The molecule has 3 aromatic carbocycles. The highest BCUT2D eigenvalue weighted by molar-refractivity contribution is 7.80. The predicted octanol–water partition coefficient (Wildman–Crippen LogP) is 4.77. The van der Waals surface area contributed by atoms with Crippen molar-refractivity contribution < 1.29 is 9.59 Å². The Kier molecular flexibility index (Phi) is 7.08. The summed E-state index contributed by atoms with van der Waals surface area (Å²) >= 11 is 5.20. The third-order valence-corrected chi connectivity index (χ3v) is 4.36. The Bertz CT molecular complexity index is 1080. The molecule has 30 heavy (non-hydrogen) atoms. The molecule has 0 fully saturated rings. The Balaban J connectivity index is 1.55. The van der Waals surface area contributed by atoms with Crippen LogP contribution in [0.3, 0.4) is 0 Å². The summed E-state index contributed by atoms with van der Waals surface area (Å²) < 4.78 is 0. The molecular formula is C24H21N3O2S. The first-order valence-electron chi connectivity index (χ1n) is 9.33. The molecule has 0 radical (unpaired) electrons. The summed E-state index contributed by atoms with van der Waals surface area (Å²) in [6.07, 6.45) is 3.15. The normalized spacial score (nSPS) is 10.4. The molecule has 3 aromatic rings. The van der Waals surface area contributed by atoms with Crippen LogP contribution >= 0.6 is 12.2 Å². The number of thiocarbonyl (C=S) groups is 1. The van der Waals surface area contributed by atoms with Crippen molar-refractivity contribution in [2.24, 2.45) is 0 Å². The molecule has 0 aliphatic carbocycles. The third kappa shape index (κ3) is 6.39. The number of amides is 2. The molecular weight excluding hydrogens is 394 g/mol. The molecule has 0 saturated carbocycles. The second-order valence-electron chi connectivity index (χ2n) is 6.59. The van der Waals surface area contributed by atoms with Crippen molar-refractivity contribution in [3.8, 4) is 0 Å². The van der Waals surface area contributed by atoms with Crippen LogP contribution in [0.2, 0.25) is 0 Å². The molecule has 6 heteroatoms. The van der Waals surface area contributed by atoms with Gasteiger partial charge in [0.1, 0.15) is 0 Å². The number of anilines is 2. The second-order valence-corrected chi connectivity index (χ2v) is 7.00. The van der Waals surface area contributed by atoms with Crippen molar-refractivity contribution in [2.75, 3.05) is 10.6 Å². The summed E-state index contributed by atoms with van der Waals surface area (Å²) in [6.45, 7) is 2.01.